The van der Waals surface area contributed by atoms with Crippen LogP contribution in [0.1, 0.15) is 29.8 Å². The highest BCUT2D eigenvalue weighted by Crippen LogP contribution is 2.34. The largest absolute Gasteiger partial charge is 0.573 e. The molecule has 3 heterocycles. The number of halogens is 3. The Balaban J connectivity index is 1.46. The number of fused-ring (bicyclic) bond motifs is 1. The Kier molecular flexibility index (Phi) is 6.53. The van der Waals surface area contributed by atoms with Crippen LogP contribution in [0, 0.1) is 0 Å². The molecule has 0 bridgehead atoms. The topological polar surface area (TPSA) is 147 Å². The SMILES string of the molecule is O=C(N[C@H]1CCC[C@H]1O)c1[nH]c2ncc(NS(=O)(=O)c3ccc(OC(F)(F)F)cc3)cc2c1-c1ccco1. The molecule has 14 heteroatoms. The van der Waals surface area contributed by atoms with E-state index in [9.17, 15) is 31.5 Å². The Morgan fingerprint density at radius 1 is 1.18 bits per heavy atom. The summed E-state index contributed by atoms with van der Waals surface area (Å²) in [5.41, 5.74) is 0.794. The van der Waals surface area contributed by atoms with Crippen LogP contribution in [-0.4, -0.2) is 47.9 Å². The molecule has 1 amide bonds. The van der Waals surface area contributed by atoms with E-state index < -0.39 is 40.2 Å². The second-order valence-corrected chi connectivity index (χ2v) is 10.4. The Morgan fingerprint density at radius 2 is 1.95 bits per heavy atom. The van der Waals surface area contributed by atoms with Gasteiger partial charge >= 0.3 is 6.36 Å². The van der Waals surface area contributed by atoms with Crippen molar-refractivity contribution >= 4 is 32.7 Å². The summed E-state index contributed by atoms with van der Waals surface area (Å²) in [6, 6.07) is 8.03. The highest BCUT2D eigenvalue weighted by molar-refractivity contribution is 7.92. The van der Waals surface area contributed by atoms with Crippen LogP contribution in [0.4, 0.5) is 18.9 Å². The first kappa shape index (κ1) is 25.6. The van der Waals surface area contributed by atoms with Crippen molar-refractivity contribution in [2.75, 3.05) is 4.72 Å². The fourth-order valence-electron chi connectivity index (χ4n) is 4.36. The van der Waals surface area contributed by atoms with Crippen molar-refractivity contribution in [2.45, 2.75) is 42.7 Å². The van der Waals surface area contributed by atoms with E-state index in [1.165, 1.54) is 18.5 Å². The zero-order valence-electron chi connectivity index (χ0n) is 19.4. The van der Waals surface area contributed by atoms with Crippen LogP contribution in [0.2, 0.25) is 0 Å². The number of sulfonamides is 1. The minimum absolute atomic E-state index is 0.0399. The molecular formula is C24H21F3N4O6S. The molecule has 4 aromatic rings. The number of aliphatic hydroxyl groups is 1. The smallest absolute Gasteiger partial charge is 0.464 e. The average molecular weight is 551 g/mol. The first-order valence-corrected chi connectivity index (χ1v) is 12.9. The van der Waals surface area contributed by atoms with Gasteiger partial charge in [-0.15, -0.1) is 13.2 Å². The molecule has 1 saturated carbocycles. The minimum Gasteiger partial charge on any atom is -0.464 e. The van der Waals surface area contributed by atoms with Crippen molar-refractivity contribution in [3.8, 4) is 17.1 Å². The number of anilines is 1. The fraction of sp³-hybridized carbons (Fsp3) is 0.250. The molecule has 2 atom stereocenters. The van der Waals surface area contributed by atoms with Gasteiger partial charge in [-0.1, -0.05) is 0 Å². The summed E-state index contributed by atoms with van der Waals surface area (Å²) in [7, 11) is -4.21. The van der Waals surface area contributed by atoms with Gasteiger partial charge in [-0.25, -0.2) is 13.4 Å². The lowest BCUT2D eigenvalue weighted by Crippen LogP contribution is -2.40. The maximum atomic E-state index is 13.1. The monoisotopic (exact) mass is 550 g/mol. The van der Waals surface area contributed by atoms with Crippen molar-refractivity contribution in [1.29, 1.82) is 0 Å². The summed E-state index contributed by atoms with van der Waals surface area (Å²) >= 11 is 0. The lowest BCUT2D eigenvalue weighted by Gasteiger charge is -2.16. The molecule has 0 spiro atoms. The molecule has 4 N–H and O–H groups in total. The van der Waals surface area contributed by atoms with Crippen LogP contribution >= 0.6 is 0 Å². The number of ether oxygens (including phenoxy) is 1. The van der Waals surface area contributed by atoms with Gasteiger partial charge < -0.3 is 24.6 Å². The number of furan rings is 1. The number of amides is 1. The van der Waals surface area contributed by atoms with Crippen molar-refractivity contribution < 1.29 is 40.6 Å². The Labute approximate surface area is 213 Å². The number of carbonyl (C=O) groups excluding carboxylic acids is 1. The number of aliphatic hydroxyl groups excluding tert-OH is 1. The molecule has 200 valence electrons. The van der Waals surface area contributed by atoms with Gasteiger partial charge in [0.15, 0.2) is 0 Å². The van der Waals surface area contributed by atoms with E-state index in [1.54, 1.807) is 12.1 Å². The van der Waals surface area contributed by atoms with E-state index in [0.29, 0.717) is 29.6 Å². The number of hydrogen-bond donors (Lipinski definition) is 4. The van der Waals surface area contributed by atoms with Gasteiger partial charge in [-0.05, 0) is 61.7 Å². The first-order valence-electron chi connectivity index (χ1n) is 11.4. The van der Waals surface area contributed by atoms with Gasteiger partial charge in [-0.3, -0.25) is 9.52 Å². The molecule has 1 aliphatic rings. The van der Waals surface area contributed by atoms with Crippen molar-refractivity contribution in [3.63, 3.8) is 0 Å². The second kappa shape index (κ2) is 9.68. The predicted molar refractivity (Wildman–Crippen MR) is 129 cm³/mol. The molecule has 1 aromatic carbocycles. The third kappa shape index (κ3) is 5.31. The number of nitrogens with zero attached hydrogens (tertiary/aromatic N) is 1. The van der Waals surface area contributed by atoms with Crippen LogP contribution in [0.25, 0.3) is 22.4 Å². The van der Waals surface area contributed by atoms with Crippen LogP contribution < -0.4 is 14.8 Å². The fourth-order valence-corrected chi connectivity index (χ4v) is 5.39. The number of rotatable bonds is 7. The van der Waals surface area contributed by atoms with E-state index in [2.05, 4.69) is 24.7 Å². The van der Waals surface area contributed by atoms with Crippen molar-refractivity contribution in [2.24, 2.45) is 0 Å². The molecule has 3 aromatic heterocycles. The van der Waals surface area contributed by atoms with Crippen molar-refractivity contribution in [1.82, 2.24) is 15.3 Å². The minimum atomic E-state index is -4.91. The number of carbonyl (C=O) groups is 1. The number of alkyl halides is 3. The highest BCUT2D eigenvalue weighted by atomic mass is 32.2. The maximum absolute atomic E-state index is 13.1. The molecule has 5 rings (SSSR count). The first-order chi connectivity index (χ1) is 18.0. The third-order valence-electron chi connectivity index (χ3n) is 6.06. The van der Waals surface area contributed by atoms with E-state index in [1.807, 2.05) is 0 Å². The molecule has 1 aliphatic carbocycles. The molecule has 0 saturated heterocycles. The standard InChI is InChI=1S/C24H21F3N4O6S/c25-24(26,27)37-14-6-8-15(9-7-14)38(34,35)31-13-11-16-20(19-5-2-10-36-19)21(30-22(16)28-12-13)23(33)29-17-3-1-4-18(17)32/h2,5-12,17-18,31-32H,1,3-4H2,(H,28,30)(H,29,33)/t17-,18+/m0/s1. The number of aromatic nitrogens is 2. The summed E-state index contributed by atoms with van der Waals surface area (Å²) in [4.78, 5) is 20.0. The number of hydrogen-bond acceptors (Lipinski definition) is 7. The number of aromatic amines is 1. The normalized spacial score (nSPS) is 18.0. The number of nitrogens with one attached hydrogen (secondary N) is 3. The van der Waals surface area contributed by atoms with Gasteiger partial charge in [0.05, 0.1) is 40.8 Å². The zero-order chi connectivity index (χ0) is 27.1. The summed E-state index contributed by atoms with van der Waals surface area (Å²) in [6.07, 6.45) is -0.901. The Hall–Kier alpha value is -4.04. The summed E-state index contributed by atoms with van der Waals surface area (Å²) < 4.78 is 74.5. The highest BCUT2D eigenvalue weighted by Gasteiger charge is 2.32. The van der Waals surface area contributed by atoms with Gasteiger partial charge in [0.2, 0.25) is 0 Å². The molecule has 1 fully saturated rings. The van der Waals surface area contributed by atoms with Gasteiger partial charge in [-0.2, -0.15) is 0 Å². The molecular weight excluding hydrogens is 529 g/mol. The lowest BCUT2D eigenvalue weighted by molar-refractivity contribution is -0.274. The lowest BCUT2D eigenvalue weighted by atomic mass is 10.1. The number of benzene rings is 1. The van der Waals surface area contributed by atoms with Gasteiger partial charge in [0, 0.05) is 5.39 Å². The number of H-pyrrole nitrogens is 1. The van der Waals surface area contributed by atoms with E-state index >= 15 is 0 Å². The maximum Gasteiger partial charge on any atom is 0.573 e. The average Bonchev–Trinajstić information content (AvgIpc) is 3.58. The van der Waals surface area contributed by atoms with Gasteiger partial charge in [0.25, 0.3) is 15.9 Å². The van der Waals surface area contributed by atoms with Crippen LogP contribution in [0.5, 0.6) is 5.75 Å². The predicted octanol–water partition coefficient (Wildman–Crippen LogP) is 4.17. The molecule has 38 heavy (non-hydrogen) atoms. The summed E-state index contributed by atoms with van der Waals surface area (Å²) in [6.45, 7) is 0. The molecule has 0 unspecified atom stereocenters. The second-order valence-electron chi connectivity index (χ2n) is 8.68. The van der Waals surface area contributed by atoms with E-state index in [4.69, 9.17) is 4.42 Å². The summed E-state index contributed by atoms with van der Waals surface area (Å²) in [5.74, 6) is -0.718. The zero-order valence-corrected chi connectivity index (χ0v) is 20.3. The third-order valence-corrected chi connectivity index (χ3v) is 7.46. The quantitative estimate of drug-likeness (QED) is 0.270. The molecule has 0 aliphatic heterocycles. The summed E-state index contributed by atoms with van der Waals surface area (Å²) in [5, 5.41) is 13.3. The van der Waals surface area contributed by atoms with E-state index in [0.717, 1.165) is 30.7 Å². The Morgan fingerprint density at radius 3 is 2.58 bits per heavy atom. The Bertz CT molecular complexity index is 1570. The van der Waals surface area contributed by atoms with Gasteiger partial charge in [0.1, 0.15) is 22.9 Å². The number of pyridine rings is 1. The van der Waals surface area contributed by atoms with Crippen LogP contribution in [0.15, 0.2) is 64.2 Å². The van der Waals surface area contributed by atoms with E-state index in [-0.39, 0.29) is 21.9 Å². The molecule has 0 radical (unpaired) electrons. The molecule has 10 nitrogen and oxygen atoms in total. The van der Waals surface area contributed by atoms with Crippen LogP contribution in [0.3, 0.4) is 0 Å². The van der Waals surface area contributed by atoms with Crippen molar-refractivity contribution in [3.05, 3.63) is 60.6 Å². The van der Waals surface area contributed by atoms with Crippen LogP contribution in [-0.2, 0) is 10.0 Å².